The lowest BCUT2D eigenvalue weighted by Crippen LogP contribution is -2.15. The highest BCUT2D eigenvalue weighted by Crippen LogP contribution is 2.20. The lowest BCUT2D eigenvalue weighted by atomic mass is 10.0. The van der Waals surface area contributed by atoms with E-state index in [1.807, 2.05) is 6.07 Å². The van der Waals surface area contributed by atoms with Crippen LogP contribution in [0.25, 0.3) is 0 Å². The number of anilines is 1. The minimum Gasteiger partial charge on any atom is -0.311 e. The summed E-state index contributed by atoms with van der Waals surface area (Å²) in [5.41, 5.74) is 0. The number of hydrogen-bond donors (Lipinski definition) is 1. The van der Waals surface area contributed by atoms with Crippen LogP contribution in [0.1, 0.15) is 25.7 Å². The summed E-state index contributed by atoms with van der Waals surface area (Å²) in [6.45, 7) is 2.37. The van der Waals surface area contributed by atoms with Crippen molar-refractivity contribution in [2.45, 2.75) is 25.7 Å². The first kappa shape index (κ1) is 14.5. The molecule has 1 saturated heterocycles. The van der Waals surface area contributed by atoms with Crippen LogP contribution in [0.2, 0.25) is 0 Å². The molecule has 0 aliphatic carbocycles. The zero-order chi connectivity index (χ0) is 13.7. The molecule has 1 aromatic rings. The predicted octanol–water partition coefficient (Wildman–Crippen LogP) is 2.90. The maximum Gasteiger partial charge on any atom is 0.225 e. The molecule has 1 N–H and O–H groups in total. The summed E-state index contributed by atoms with van der Waals surface area (Å²) in [4.78, 5) is 18.2. The van der Waals surface area contributed by atoms with Gasteiger partial charge in [-0.25, -0.2) is 4.98 Å². The highest BCUT2D eigenvalue weighted by Gasteiger charge is 2.19. The van der Waals surface area contributed by atoms with Gasteiger partial charge in [-0.15, -0.1) is 0 Å². The summed E-state index contributed by atoms with van der Waals surface area (Å²) in [5, 5.41) is 2.82. The fourth-order valence-electron chi connectivity index (χ4n) is 2.47. The number of carbonyl (C=O) groups is 1. The fraction of sp³-hybridized carbons (Fsp3) is 0.571. The maximum absolute atomic E-state index is 11.8. The number of nitrogens with zero attached hydrogens (tertiary/aromatic N) is 2. The molecule has 5 heteroatoms. The number of aromatic nitrogens is 1. The van der Waals surface area contributed by atoms with Crippen molar-refractivity contribution in [3.05, 3.63) is 22.8 Å². The Hall–Kier alpha value is -0.940. The molecular weight excluding hydrogens is 306 g/mol. The van der Waals surface area contributed by atoms with Gasteiger partial charge in [-0.3, -0.25) is 4.79 Å². The highest BCUT2D eigenvalue weighted by molar-refractivity contribution is 9.10. The third kappa shape index (κ3) is 4.91. The van der Waals surface area contributed by atoms with Crippen LogP contribution < -0.4 is 5.32 Å². The van der Waals surface area contributed by atoms with Crippen molar-refractivity contribution in [3.63, 3.8) is 0 Å². The van der Waals surface area contributed by atoms with Gasteiger partial charge >= 0.3 is 0 Å². The zero-order valence-corrected chi connectivity index (χ0v) is 12.8. The summed E-state index contributed by atoms with van der Waals surface area (Å²) in [5.74, 6) is 1.44. The van der Waals surface area contributed by atoms with E-state index < -0.39 is 0 Å². The van der Waals surface area contributed by atoms with Crippen LogP contribution in [0.15, 0.2) is 22.8 Å². The Morgan fingerprint density at radius 1 is 1.58 bits per heavy atom. The van der Waals surface area contributed by atoms with Gasteiger partial charge in [0.15, 0.2) is 0 Å². The van der Waals surface area contributed by atoms with Crippen LogP contribution in [0.3, 0.4) is 0 Å². The normalized spacial score (nSPS) is 19.6. The second kappa shape index (κ2) is 7.01. The van der Waals surface area contributed by atoms with Gasteiger partial charge in [0, 0.05) is 23.6 Å². The van der Waals surface area contributed by atoms with E-state index in [-0.39, 0.29) is 5.91 Å². The first-order valence-electron chi connectivity index (χ1n) is 6.73. The van der Waals surface area contributed by atoms with Crippen molar-refractivity contribution >= 4 is 27.7 Å². The van der Waals surface area contributed by atoms with Crippen molar-refractivity contribution < 1.29 is 4.79 Å². The average Bonchev–Trinajstić information content (AvgIpc) is 2.78. The molecule has 0 radical (unpaired) electrons. The van der Waals surface area contributed by atoms with Crippen LogP contribution >= 0.6 is 15.9 Å². The minimum absolute atomic E-state index is 0.0566. The van der Waals surface area contributed by atoms with Gasteiger partial charge in [-0.05, 0) is 66.8 Å². The molecule has 2 rings (SSSR count). The molecule has 0 aromatic carbocycles. The van der Waals surface area contributed by atoms with E-state index in [4.69, 9.17) is 0 Å². The molecule has 104 valence electrons. The van der Waals surface area contributed by atoms with Crippen molar-refractivity contribution in [1.29, 1.82) is 0 Å². The van der Waals surface area contributed by atoms with Crippen molar-refractivity contribution in [1.82, 2.24) is 9.88 Å². The Labute approximate surface area is 122 Å². The largest absolute Gasteiger partial charge is 0.311 e. The van der Waals surface area contributed by atoms with Gasteiger partial charge in [-0.2, -0.15) is 0 Å². The van der Waals surface area contributed by atoms with E-state index in [1.165, 1.54) is 19.5 Å². The SMILES string of the molecule is CN1CCC(CCCC(=O)Nc2ccc(Br)cn2)C1. The summed E-state index contributed by atoms with van der Waals surface area (Å²) < 4.78 is 0.913. The molecule has 1 amide bonds. The number of likely N-dealkylation sites (tertiary alicyclic amines) is 1. The van der Waals surface area contributed by atoms with E-state index in [0.29, 0.717) is 12.2 Å². The molecule has 1 fully saturated rings. The molecule has 4 nitrogen and oxygen atoms in total. The zero-order valence-electron chi connectivity index (χ0n) is 11.2. The Morgan fingerprint density at radius 3 is 3.05 bits per heavy atom. The van der Waals surface area contributed by atoms with Crippen LogP contribution in [0.4, 0.5) is 5.82 Å². The van der Waals surface area contributed by atoms with Crippen LogP contribution in [0.5, 0.6) is 0 Å². The first-order chi connectivity index (χ1) is 9.13. The number of rotatable bonds is 5. The molecule has 0 saturated carbocycles. The smallest absolute Gasteiger partial charge is 0.225 e. The third-order valence-corrected chi connectivity index (χ3v) is 3.97. The number of halogens is 1. The molecule has 1 aromatic heterocycles. The number of amides is 1. The number of nitrogens with one attached hydrogen (secondary N) is 1. The summed E-state index contributed by atoms with van der Waals surface area (Å²) >= 11 is 3.32. The van der Waals surface area contributed by atoms with Crippen molar-refractivity contribution in [2.75, 3.05) is 25.5 Å². The molecule has 19 heavy (non-hydrogen) atoms. The van der Waals surface area contributed by atoms with Gasteiger partial charge in [0.1, 0.15) is 5.82 Å². The van der Waals surface area contributed by atoms with Crippen molar-refractivity contribution in [2.24, 2.45) is 5.92 Å². The van der Waals surface area contributed by atoms with Crippen molar-refractivity contribution in [3.8, 4) is 0 Å². The van der Waals surface area contributed by atoms with E-state index >= 15 is 0 Å². The molecule has 0 spiro atoms. The number of carbonyl (C=O) groups excluding carboxylic acids is 1. The molecule has 1 aliphatic rings. The lowest BCUT2D eigenvalue weighted by molar-refractivity contribution is -0.116. The third-order valence-electron chi connectivity index (χ3n) is 3.50. The van der Waals surface area contributed by atoms with Crippen LogP contribution in [0, 0.1) is 5.92 Å². The Kier molecular flexibility index (Phi) is 5.34. The Balaban J connectivity index is 1.66. The van der Waals surface area contributed by atoms with Gasteiger partial charge in [-0.1, -0.05) is 0 Å². The Morgan fingerprint density at radius 2 is 2.42 bits per heavy atom. The van der Waals surface area contributed by atoms with Gasteiger partial charge in [0.2, 0.25) is 5.91 Å². The highest BCUT2D eigenvalue weighted by atomic mass is 79.9. The number of hydrogen-bond acceptors (Lipinski definition) is 3. The quantitative estimate of drug-likeness (QED) is 0.905. The second-order valence-electron chi connectivity index (χ2n) is 5.22. The van der Waals surface area contributed by atoms with Crippen LogP contribution in [-0.2, 0) is 4.79 Å². The fourth-order valence-corrected chi connectivity index (χ4v) is 2.70. The molecular formula is C14H20BrN3O. The molecule has 1 atom stereocenters. The molecule has 1 aliphatic heterocycles. The second-order valence-corrected chi connectivity index (χ2v) is 6.13. The maximum atomic E-state index is 11.8. The molecule has 2 heterocycles. The Bertz CT molecular complexity index is 421. The minimum atomic E-state index is 0.0566. The molecule has 1 unspecified atom stereocenters. The van der Waals surface area contributed by atoms with E-state index in [2.05, 4.69) is 38.2 Å². The summed E-state index contributed by atoms with van der Waals surface area (Å²) in [7, 11) is 2.16. The average molecular weight is 326 g/mol. The standard InChI is InChI=1S/C14H20BrN3O/c1-18-8-7-11(10-18)3-2-4-14(19)17-13-6-5-12(15)9-16-13/h5-6,9,11H,2-4,7-8,10H2,1H3,(H,16,17,19). The monoisotopic (exact) mass is 325 g/mol. The summed E-state index contributed by atoms with van der Waals surface area (Å²) in [6.07, 6.45) is 5.64. The first-order valence-corrected chi connectivity index (χ1v) is 7.53. The van der Waals surface area contributed by atoms with Gasteiger partial charge in [0.25, 0.3) is 0 Å². The van der Waals surface area contributed by atoms with Gasteiger partial charge in [0.05, 0.1) is 0 Å². The van der Waals surface area contributed by atoms with E-state index in [9.17, 15) is 4.79 Å². The summed E-state index contributed by atoms with van der Waals surface area (Å²) in [6, 6.07) is 3.67. The topological polar surface area (TPSA) is 45.2 Å². The van der Waals surface area contributed by atoms with E-state index in [1.54, 1.807) is 12.3 Å². The van der Waals surface area contributed by atoms with Gasteiger partial charge < -0.3 is 10.2 Å². The molecule has 0 bridgehead atoms. The van der Waals surface area contributed by atoms with Crippen LogP contribution in [-0.4, -0.2) is 35.9 Å². The predicted molar refractivity (Wildman–Crippen MR) is 80.0 cm³/mol. The lowest BCUT2D eigenvalue weighted by Gasteiger charge is -2.10. The van der Waals surface area contributed by atoms with E-state index in [0.717, 1.165) is 23.2 Å². The number of pyridine rings is 1.